The van der Waals surface area contributed by atoms with Gasteiger partial charge < -0.3 is 11.1 Å². The van der Waals surface area contributed by atoms with Gasteiger partial charge in [0, 0.05) is 30.7 Å². The van der Waals surface area contributed by atoms with E-state index in [0.717, 1.165) is 24.8 Å². The van der Waals surface area contributed by atoms with Crippen LogP contribution in [0.15, 0.2) is 6.07 Å². The molecular weight excluding hydrogens is 250 g/mol. The van der Waals surface area contributed by atoms with E-state index in [4.69, 9.17) is 17.3 Å². The van der Waals surface area contributed by atoms with Gasteiger partial charge in [0.1, 0.15) is 11.0 Å². The Hall–Kier alpha value is -1.07. The molecule has 18 heavy (non-hydrogen) atoms. The Bertz CT molecular complexity index is 428. The Balaban J connectivity index is 1.66. The molecule has 2 fully saturated rings. The second-order valence-corrected chi connectivity index (χ2v) is 5.68. The zero-order valence-corrected chi connectivity index (χ0v) is 11.2. The number of nitrogens with one attached hydrogen (secondary N) is 1. The summed E-state index contributed by atoms with van der Waals surface area (Å²) in [6.45, 7) is 3.37. The molecule has 1 aromatic heterocycles. The van der Waals surface area contributed by atoms with Crippen LogP contribution in [0, 0.1) is 0 Å². The molecule has 2 aliphatic rings. The Morgan fingerprint density at radius 3 is 2.89 bits per heavy atom. The van der Waals surface area contributed by atoms with E-state index in [1.54, 1.807) is 6.07 Å². The predicted molar refractivity (Wildman–Crippen MR) is 72.7 cm³/mol. The van der Waals surface area contributed by atoms with E-state index in [2.05, 4.69) is 27.1 Å². The summed E-state index contributed by atoms with van der Waals surface area (Å²) < 4.78 is 0. The molecule has 98 valence electrons. The normalized spacial score (nSPS) is 28.6. The molecule has 2 atom stereocenters. The highest BCUT2D eigenvalue weighted by Gasteiger charge is 2.38. The number of likely N-dealkylation sites (tertiary alicyclic amines) is 1. The van der Waals surface area contributed by atoms with Gasteiger partial charge in [-0.25, -0.2) is 4.98 Å². The van der Waals surface area contributed by atoms with Crippen LogP contribution in [0.4, 0.5) is 11.8 Å². The third-order valence-corrected chi connectivity index (χ3v) is 3.90. The molecule has 1 aromatic rings. The summed E-state index contributed by atoms with van der Waals surface area (Å²) in [6, 6.07) is 3.60. The molecule has 6 heteroatoms. The van der Waals surface area contributed by atoms with Crippen LogP contribution in [0.2, 0.25) is 5.15 Å². The average molecular weight is 268 g/mol. The molecule has 0 aromatic carbocycles. The summed E-state index contributed by atoms with van der Waals surface area (Å²) in [4.78, 5) is 10.6. The Morgan fingerprint density at radius 2 is 2.22 bits per heavy atom. The van der Waals surface area contributed by atoms with E-state index in [-0.39, 0.29) is 5.95 Å². The standard InChI is InChI=1S/C12H18ClN5/c1-7-4-8(6-18(7)9-2-3-9)15-11-5-10(13)16-12(14)17-11/h5,7-9H,2-4,6H2,1H3,(H3,14,15,16,17). The third-order valence-electron chi connectivity index (χ3n) is 3.70. The summed E-state index contributed by atoms with van der Waals surface area (Å²) in [5.74, 6) is 0.942. The summed E-state index contributed by atoms with van der Waals surface area (Å²) >= 11 is 5.87. The zero-order valence-electron chi connectivity index (χ0n) is 10.4. The predicted octanol–water partition coefficient (Wildman–Crippen LogP) is 1.75. The van der Waals surface area contributed by atoms with Crippen LogP contribution in [-0.4, -0.2) is 39.5 Å². The largest absolute Gasteiger partial charge is 0.368 e. The fraction of sp³-hybridized carbons (Fsp3) is 0.667. The summed E-state index contributed by atoms with van der Waals surface area (Å²) in [7, 11) is 0. The second kappa shape index (κ2) is 4.55. The number of hydrogen-bond acceptors (Lipinski definition) is 5. The van der Waals surface area contributed by atoms with Gasteiger partial charge in [-0.15, -0.1) is 0 Å². The zero-order chi connectivity index (χ0) is 12.7. The van der Waals surface area contributed by atoms with E-state index >= 15 is 0 Å². The first-order valence-electron chi connectivity index (χ1n) is 6.44. The Kier molecular flexibility index (Phi) is 3.03. The quantitative estimate of drug-likeness (QED) is 0.817. The van der Waals surface area contributed by atoms with Gasteiger partial charge in [-0.05, 0) is 26.2 Å². The van der Waals surface area contributed by atoms with Gasteiger partial charge in [-0.3, -0.25) is 4.90 Å². The van der Waals surface area contributed by atoms with Crippen molar-refractivity contribution in [2.24, 2.45) is 0 Å². The molecule has 1 saturated carbocycles. The maximum Gasteiger partial charge on any atom is 0.223 e. The third kappa shape index (κ3) is 2.52. The van der Waals surface area contributed by atoms with Gasteiger partial charge in [0.2, 0.25) is 5.95 Å². The molecule has 0 radical (unpaired) electrons. The van der Waals surface area contributed by atoms with Crippen molar-refractivity contribution >= 4 is 23.4 Å². The van der Waals surface area contributed by atoms with Gasteiger partial charge in [0.15, 0.2) is 0 Å². The minimum atomic E-state index is 0.218. The second-order valence-electron chi connectivity index (χ2n) is 5.29. The number of nitrogens with zero attached hydrogens (tertiary/aromatic N) is 3. The molecule has 0 bridgehead atoms. The Labute approximate surface area is 112 Å². The SMILES string of the molecule is CC1CC(Nc2cc(Cl)nc(N)n2)CN1C1CC1. The van der Waals surface area contributed by atoms with Crippen molar-refractivity contribution in [1.82, 2.24) is 14.9 Å². The molecule has 1 aliphatic carbocycles. The highest BCUT2D eigenvalue weighted by molar-refractivity contribution is 6.29. The van der Waals surface area contributed by atoms with Crippen LogP contribution in [0.1, 0.15) is 26.2 Å². The first-order valence-corrected chi connectivity index (χ1v) is 6.82. The molecule has 3 N–H and O–H groups in total. The highest BCUT2D eigenvalue weighted by Crippen LogP contribution is 2.34. The average Bonchev–Trinajstić information content (AvgIpc) is 3.02. The van der Waals surface area contributed by atoms with Crippen LogP contribution < -0.4 is 11.1 Å². The smallest absolute Gasteiger partial charge is 0.223 e. The van der Waals surface area contributed by atoms with Crippen molar-refractivity contribution in [3.05, 3.63) is 11.2 Å². The van der Waals surface area contributed by atoms with E-state index in [9.17, 15) is 0 Å². The molecule has 1 aliphatic heterocycles. The van der Waals surface area contributed by atoms with E-state index in [1.807, 2.05) is 0 Å². The number of anilines is 2. The van der Waals surface area contributed by atoms with Crippen LogP contribution in [-0.2, 0) is 0 Å². The van der Waals surface area contributed by atoms with Crippen molar-refractivity contribution in [3.63, 3.8) is 0 Å². The van der Waals surface area contributed by atoms with Crippen LogP contribution in [0.3, 0.4) is 0 Å². The summed E-state index contributed by atoms with van der Waals surface area (Å²) in [5, 5.41) is 3.79. The lowest BCUT2D eigenvalue weighted by Gasteiger charge is -2.19. The molecule has 2 unspecified atom stereocenters. The van der Waals surface area contributed by atoms with Gasteiger partial charge in [-0.1, -0.05) is 11.6 Å². The van der Waals surface area contributed by atoms with Crippen molar-refractivity contribution in [1.29, 1.82) is 0 Å². The van der Waals surface area contributed by atoms with Gasteiger partial charge in [0.05, 0.1) is 0 Å². The molecule has 3 rings (SSSR count). The van der Waals surface area contributed by atoms with Gasteiger partial charge >= 0.3 is 0 Å². The number of nitrogens with two attached hydrogens (primary N) is 1. The minimum absolute atomic E-state index is 0.218. The number of nitrogen functional groups attached to an aromatic ring is 1. The molecule has 1 saturated heterocycles. The number of halogens is 1. The van der Waals surface area contributed by atoms with Crippen LogP contribution in [0.5, 0.6) is 0 Å². The lowest BCUT2D eigenvalue weighted by Crippen LogP contribution is -2.31. The van der Waals surface area contributed by atoms with Crippen molar-refractivity contribution in [2.45, 2.75) is 44.3 Å². The lowest BCUT2D eigenvalue weighted by atomic mass is 10.2. The molecule has 2 heterocycles. The first-order chi connectivity index (χ1) is 8.61. The summed E-state index contributed by atoms with van der Waals surface area (Å²) in [5.41, 5.74) is 5.59. The molecule has 0 amide bonds. The van der Waals surface area contributed by atoms with Crippen molar-refractivity contribution in [3.8, 4) is 0 Å². The van der Waals surface area contributed by atoms with E-state index in [0.29, 0.717) is 17.2 Å². The number of hydrogen-bond donors (Lipinski definition) is 2. The minimum Gasteiger partial charge on any atom is -0.368 e. The number of rotatable bonds is 3. The Morgan fingerprint density at radius 1 is 1.44 bits per heavy atom. The monoisotopic (exact) mass is 267 g/mol. The van der Waals surface area contributed by atoms with Crippen LogP contribution in [0.25, 0.3) is 0 Å². The molecule has 5 nitrogen and oxygen atoms in total. The van der Waals surface area contributed by atoms with Gasteiger partial charge in [0.25, 0.3) is 0 Å². The van der Waals surface area contributed by atoms with E-state index < -0.39 is 0 Å². The molecular formula is C12H18ClN5. The summed E-state index contributed by atoms with van der Waals surface area (Å²) in [6.07, 6.45) is 3.84. The number of aromatic nitrogens is 2. The topological polar surface area (TPSA) is 67.1 Å². The van der Waals surface area contributed by atoms with Gasteiger partial charge in [-0.2, -0.15) is 4.98 Å². The van der Waals surface area contributed by atoms with Crippen LogP contribution >= 0.6 is 11.6 Å². The maximum absolute atomic E-state index is 5.87. The highest BCUT2D eigenvalue weighted by atomic mass is 35.5. The van der Waals surface area contributed by atoms with E-state index in [1.165, 1.54) is 12.8 Å². The first kappa shape index (κ1) is 12.0. The fourth-order valence-corrected chi connectivity index (χ4v) is 2.98. The van der Waals surface area contributed by atoms with Crippen molar-refractivity contribution in [2.75, 3.05) is 17.6 Å². The maximum atomic E-state index is 5.87. The molecule has 0 spiro atoms. The van der Waals surface area contributed by atoms with Crippen molar-refractivity contribution < 1.29 is 0 Å². The lowest BCUT2D eigenvalue weighted by molar-refractivity contribution is 0.257. The fourth-order valence-electron chi connectivity index (χ4n) is 2.79.